The molecule has 0 N–H and O–H groups in total. The molecule has 2 heterocycles. The van der Waals surface area contributed by atoms with Gasteiger partial charge in [0.2, 0.25) is 23.5 Å². The summed E-state index contributed by atoms with van der Waals surface area (Å²) in [5, 5.41) is 6.73. The molecule has 0 saturated carbocycles. The number of pyridine rings is 2. The van der Waals surface area contributed by atoms with Gasteiger partial charge in [0.1, 0.15) is 0 Å². The zero-order valence-electron chi connectivity index (χ0n) is 33.7. The predicted molar refractivity (Wildman–Crippen MR) is 238 cm³/mol. The number of hydrogen-bond donors (Lipinski definition) is 0. The minimum Gasteiger partial charge on any atom is -0.481 e. The molecule has 14 heteroatoms. The summed E-state index contributed by atoms with van der Waals surface area (Å²) >= 11 is 0. The van der Waals surface area contributed by atoms with Gasteiger partial charge in [0, 0.05) is 42.2 Å². The van der Waals surface area contributed by atoms with E-state index >= 15 is 0 Å². The molecule has 0 saturated heterocycles. The molecule has 1 aliphatic carbocycles. The van der Waals surface area contributed by atoms with Gasteiger partial charge >= 0.3 is 7.25 Å². The molecule has 0 spiro atoms. The number of benzene rings is 4. The summed E-state index contributed by atoms with van der Waals surface area (Å²) in [6, 6.07) is 46.2. The first kappa shape index (κ1) is 47.8. The third kappa shape index (κ3) is 13.6. The van der Waals surface area contributed by atoms with Crippen molar-refractivity contribution < 1.29 is 55.7 Å². The number of methoxy groups -OCH3 is 4. The number of allylic oxidation sites excluding steroid dienone is 4. The third-order valence-electron chi connectivity index (χ3n) is 8.81. The molecule has 0 fully saturated rings. The molecule has 0 atom stereocenters. The standard InChI is InChI=1S/C38H34N2O4P2.C8H12.BF4.Rh/c1-41-33-25-31(45(27-17-9-5-10-18-27)28-19-11-6-12-20-28)35(37(39-33)43-3)36-32(26-34(42-2)40-38(36)44-4)46(29-21-13-7-14-22-29)30-23-15-8-16-24-30;1-2-4-6-8-7-5-3-1;2-1(3,4)5;/h5-26H,1-4H3;1-2,7-8H,3-6H2;;/q;;-1;/b;2-1-,8-7?;;. The first-order chi connectivity index (χ1) is 28.7. The van der Waals surface area contributed by atoms with Crippen molar-refractivity contribution in [3.05, 3.63) is 158 Å². The number of aromatic nitrogens is 2. The van der Waals surface area contributed by atoms with Gasteiger partial charge in [0.15, 0.2) is 0 Å². The van der Waals surface area contributed by atoms with Crippen LogP contribution in [0.4, 0.5) is 17.3 Å². The maximum absolute atomic E-state index is 9.75. The predicted octanol–water partition coefficient (Wildman–Crippen LogP) is 9.66. The first-order valence-electron chi connectivity index (χ1n) is 18.9. The Hall–Kier alpha value is -4.87. The molecule has 2 aromatic heterocycles. The van der Waals surface area contributed by atoms with E-state index in [2.05, 4.69) is 121 Å². The van der Waals surface area contributed by atoms with E-state index in [-0.39, 0.29) is 19.5 Å². The molecule has 1 aliphatic rings. The van der Waals surface area contributed by atoms with E-state index in [0.29, 0.717) is 23.5 Å². The smallest absolute Gasteiger partial charge is 0.481 e. The van der Waals surface area contributed by atoms with Crippen molar-refractivity contribution in [2.24, 2.45) is 0 Å². The zero-order valence-corrected chi connectivity index (χ0v) is 37.1. The molecule has 6 aromatic rings. The van der Waals surface area contributed by atoms with Crippen LogP contribution in [0.2, 0.25) is 0 Å². The molecule has 1 radical (unpaired) electrons. The molecular weight excluding hydrogens is 896 g/mol. The van der Waals surface area contributed by atoms with Crippen LogP contribution < -0.4 is 50.8 Å². The molecule has 0 bridgehead atoms. The zero-order chi connectivity index (χ0) is 42.0. The number of hydrogen-bond acceptors (Lipinski definition) is 6. The number of rotatable bonds is 11. The normalized spacial score (nSPS) is 12.6. The fourth-order valence-corrected chi connectivity index (χ4v) is 11.3. The first-order valence-corrected chi connectivity index (χ1v) is 21.6. The van der Waals surface area contributed by atoms with Crippen molar-refractivity contribution in [3.63, 3.8) is 0 Å². The summed E-state index contributed by atoms with van der Waals surface area (Å²) in [6.45, 7) is 0. The van der Waals surface area contributed by atoms with Gasteiger partial charge in [-0.3, -0.25) is 0 Å². The van der Waals surface area contributed by atoms with Gasteiger partial charge in [-0.25, -0.2) is 0 Å². The van der Waals surface area contributed by atoms with Crippen LogP contribution in [-0.4, -0.2) is 45.7 Å². The van der Waals surface area contributed by atoms with Crippen LogP contribution >= 0.6 is 15.8 Å². The van der Waals surface area contributed by atoms with Gasteiger partial charge in [-0.2, -0.15) is 9.97 Å². The molecular formula is C46H46BF4N2O4P2Rh-. The van der Waals surface area contributed by atoms with E-state index in [0.717, 1.165) is 21.7 Å². The van der Waals surface area contributed by atoms with E-state index in [4.69, 9.17) is 28.9 Å². The van der Waals surface area contributed by atoms with E-state index in [9.17, 15) is 17.3 Å². The topological polar surface area (TPSA) is 62.7 Å². The Labute approximate surface area is 365 Å². The number of ether oxygens (including phenoxy) is 4. The molecule has 6 nitrogen and oxygen atoms in total. The van der Waals surface area contributed by atoms with Crippen LogP contribution in [0.15, 0.2) is 158 Å². The van der Waals surface area contributed by atoms with Crippen molar-refractivity contribution >= 4 is 54.9 Å². The molecule has 4 aromatic carbocycles. The van der Waals surface area contributed by atoms with E-state index < -0.39 is 23.1 Å². The summed E-state index contributed by atoms with van der Waals surface area (Å²) in [7, 11) is -1.68. The summed E-state index contributed by atoms with van der Waals surface area (Å²) < 4.78 is 62.8. The molecule has 60 heavy (non-hydrogen) atoms. The second-order valence-corrected chi connectivity index (χ2v) is 17.1. The minimum absolute atomic E-state index is 0. The second-order valence-electron chi connectivity index (χ2n) is 12.7. The van der Waals surface area contributed by atoms with Crippen LogP contribution in [0, 0.1) is 0 Å². The quantitative estimate of drug-likeness (QED) is 0.0559. The Balaban J connectivity index is 0.000000488. The largest absolute Gasteiger partial charge is 0.673 e. The number of halogens is 4. The van der Waals surface area contributed by atoms with Crippen LogP contribution in [0.25, 0.3) is 11.1 Å². The molecule has 315 valence electrons. The summed E-state index contributed by atoms with van der Waals surface area (Å²) in [5.41, 5.74) is 1.62. The maximum atomic E-state index is 9.75. The third-order valence-corrected chi connectivity index (χ3v) is 13.7. The van der Waals surface area contributed by atoms with Gasteiger partial charge < -0.3 is 36.2 Å². The van der Waals surface area contributed by atoms with E-state index in [1.54, 1.807) is 28.4 Å². The van der Waals surface area contributed by atoms with Crippen LogP contribution in [0.3, 0.4) is 0 Å². The van der Waals surface area contributed by atoms with Crippen molar-refractivity contribution in [3.8, 4) is 34.6 Å². The van der Waals surface area contributed by atoms with Crippen LogP contribution in [0.1, 0.15) is 25.7 Å². The van der Waals surface area contributed by atoms with Crippen LogP contribution in [-0.2, 0) is 19.5 Å². The van der Waals surface area contributed by atoms with Crippen molar-refractivity contribution in [1.82, 2.24) is 9.97 Å². The van der Waals surface area contributed by atoms with Crippen molar-refractivity contribution in [2.45, 2.75) is 25.7 Å². The Bertz CT molecular complexity index is 2010. The number of nitrogens with zero attached hydrogens (tertiary/aromatic N) is 2. The van der Waals surface area contributed by atoms with Crippen molar-refractivity contribution in [1.29, 1.82) is 0 Å². The molecule has 7 rings (SSSR count). The second kappa shape index (κ2) is 24.4. The molecule has 0 unspecified atom stereocenters. The Morgan fingerprint density at radius 1 is 0.433 bits per heavy atom. The molecule has 0 aliphatic heterocycles. The summed E-state index contributed by atoms with van der Waals surface area (Å²) in [4.78, 5) is 9.68. The molecule has 0 amide bonds. The fourth-order valence-electron chi connectivity index (χ4n) is 6.32. The average Bonchev–Trinajstić information content (AvgIpc) is 3.24. The van der Waals surface area contributed by atoms with Gasteiger partial charge in [-0.15, -0.1) is 0 Å². The fraction of sp³-hybridized carbons (Fsp3) is 0.174. The summed E-state index contributed by atoms with van der Waals surface area (Å²) in [5.74, 6) is 1.78. The maximum Gasteiger partial charge on any atom is 0.673 e. The van der Waals surface area contributed by atoms with Gasteiger partial charge in [-0.1, -0.05) is 146 Å². The van der Waals surface area contributed by atoms with Crippen LogP contribution in [0.5, 0.6) is 23.5 Å². The van der Waals surface area contributed by atoms with Gasteiger partial charge in [-0.05, 0) is 62.7 Å². The van der Waals surface area contributed by atoms with E-state index in [1.165, 1.54) is 46.9 Å². The summed E-state index contributed by atoms with van der Waals surface area (Å²) in [6.07, 6.45) is 14.0. The Morgan fingerprint density at radius 2 is 0.683 bits per heavy atom. The van der Waals surface area contributed by atoms with Gasteiger partial charge in [0.25, 0.3) is 0 Å². The minimum atomic E-state index is -6.00. The Morgan fingerprint density at radius 3 is 0.900 bits per heavy atom. The van der Waals surface area contributed by atoms with Gasteiger partial charge in [0.05, 0.1) is 39.6 Å². The average molecular weight is 943 g/mol. The monoisotopic (exact) mass is 942 g/mol. The van der Waals surface area contributed by atoms with E-state index in [1.807, 2.05) is 36.4 Å². The SMILES string of the molecule is C1=CCC/C=C\CC1.COc1cc(P(c2ccccc2)c2ccccc2)c(-c2c(P(c3ccccc3)c3ccccc3)cc(OC)nc2OC)c(OC)n1.F[B-](F)(F)F.[Rh]. The Kier molecular flexibility index (Phi) is 19.4. The van der Waals surface area contributed by atoms with Crippen molar-refractivity contribution in [2.75, 3.05) is 28.4 Å².